The molecule has 0 fully saturated rings. The van der Waals surface area contributed by atoms with E-state index < -0.39 is 0 Å². The lowest BCUT2D eigenvalue weighted by Crippen LogP contribution is -1.94. The third-order valence-corrected chi connectivity index (χ3v) is 4.32. The van der Waals surface area contributed by atoms with Crippen molar-refractivity contribution in [2.75, 3.05) is 0 Å². The lowest BCUT2D eigenvalue weighted by Gasteiger charge is -2.11. The molecule has 0 saturated heterocycles. The molecule has 0 N–H and O–H groups in total. The molecule has 0 spiro atoms. The number of thiophene rings is 1. The van der Waals surface area contributed by atoms with Crippen LogP contribution < -0.4 is 0 Å². The molecule has 0 nitrogen and oxygen atoms in total. The van der Waals surface area contributed by atoms with Crippen LogP contribution in [-0.2, 0) is 0 Å². The lowest BCUT2D eigenvalue weighted by molar-refractivity contribution is 1.15. The molecule has 15 heavy (non-hydrogen) atoms. The van der Waals surface area contributed by atoms with E-state index in [9.17, 15) is 0 Å². The number of alkyl halides is 1. The Morgan fingerprint density at radius 1 is 1.20 bits per heavy atom. The fourth-order valence-corrected chi connectivity index (χ4v) is 2.85. The van der Waals surface area contributed by atoms with Gasteiger partial charge in [0.25, 0.3) is 0 Å². The highest BCUT2D eigenvalue weighted by atomic mass is 35.5. The maximum atomic E-state index is 6.40. The predicted octanol–water partition coefficient (Wildman–Crippen LogP) is 5.04. The molecular formula is C12H10Cl2S. The molecule has 1 unspecified atom stereocenters. The standard InChI is InChI=1S/C12H10Cl2S/c1-8-9(4-2-5-10(8)13)12(14)11-6-3-7-15-11/h2-7,12H,1H3. The van der Waals surface area contributed by atoms with Crippen LogP contribution in [0.25, 0.3) is 0 Å². The van der Waals surface area contributed by atoms with Gasteiger partial charge in [0.05, 0.1) is 5.38 Å². The second kappa shape index (κ2) is 4.56. The van der Waals surface area contributed by atoms with Gasteiger partial charge in [-0.3, -0.25) is 0 Å². The molecule has 1 heterocycles. The molecule has 0 aliphatic heterocycles. The molecule has 0 saturated carbocycles. The first kappa shape index (κ1) is 11.0. The summed E-state index contributed by atoms with van der Waals surface area (Å²) < 4.78 is 0. The quantitative estimate of drug-likeness (QED) is 0.661. The Morgan fingerprint density at radius 2 is 2.00 bits per heavy atom. The van der Waals surface area contributed by atoms with Crippen molar-refractivity contribution in [3.05, 3.63) is 56.7 Å². The smallest absolute Gasteiger partial charge is 0.0930 e. The second-order valence-electron chi connectivity index (χ2n) is 3.33. The van der Waals surface area contributed by atoms with Crippen molar-refractivity contribution in [2.45, 2.75) is 12.3 Å². The van der Waals surface area contributed by atoms with E-state index in [-0.39, 0.29) is 5.38 Å². The molecule has 3 heteroatoms. The Balaban J connectivity index is 2.42. The predicted molar refractivity (Wildman–Crippen MR) is 68.2 cm³/mol. The van der Waals surface area contributed by atoms with Crippen LogP contribution in [0, 0.1) is 6.92 Å². The van der Waals surface area contributed by atoms with E-state index >= 15 is 0 Å². The SMILES string of the molecule is Cc1c(Cl)cccc1C(Cl)c1cccs1. The zero-order valence-corrected chi connectivity index (χ0v) is 10.5. The van der Waals surface area contributed by atoms with Gasteiger partial charge in [-0.1, -0.05) is 29.8 Å². The first-order valence-corrected chi connectivity index (χ1v) is 6.32. The third-order valence-electron chi connectivity index (χ3n) is 2.38. The summed E-state index contributed by atoms with van der Waals surface area (Å²) in [6.45, 7) is 2.00. The molecule has 1 aromatic heterocycles. The largest absolute Gasteiger partial charge is 0.147 e. The molecule has 1 aromatic carbocycles. The van der Waals surface area contributed by atoms with Gasteiger partial charge in [-0.15, -0.1) is 22.9 Å². The maximum absolute atomic E-state index is 6.40. The first-order chi connectivity index (χ1) is 7.20. The van der Waals surface area contributed by atoms with Crippen LogP contribution in [0.5, 0.6) is 0 Å². The molecule has 78 valence electrons. The van der Waals surface area contributed by atoms with Crippen molar-refractivity contribution >= 4 is 34.5 Å². The molecule has 0 radical (unpaired) electrons. The Kier molecular flexibility index (Phi) is 3.35. The topological polar surface area (TPSA) is 0 Å². The summed E-state index contributed by atoms with van der Waals surface area (Å²) in [5.74, 6) is 0. The Morgan fingerprint density at radius 3 is 2.67 bits per heavy atom. The highest BCUT2D eigenvalue weighted by Crippen LogP contribution is 2.35. The number of hydrogen-bond acceptors (Lipinski definition) is 1. The van der Waals surface area contributed by atoms with Crippen LogP contribution in [0.1, 0.15) is 21.4 Å². The third kappa shape index (κ3) is 2.20. The molecule has 0 bridgehead atoms. The van der Waals surface area contributed by atoms with Crippen molar-refractivity contribution in [1.29, 1.82) is 0 Å². The van der Waals surface area contributed by atoms with Crippen LogP contribution >= 0.6 is 34.5 Å². The monoisotopic (exact) mass is 256 g/mol. The van der Waals surface area contributed by atoms with Crippen LogP contribution in [-0.4, -0.2) is 0 Å². The second-order valence-corrected chi connectivity index (χ2v) is 5.15. The minimum Gasteiger partial charge on any atom is -0.147 e. The maximum Gasteiger partial charge on any atom is 0.0930 e. The van der Waals surface area contributed by atoms with Gasteiger partial charge >= 0.3 is 0 Å². The molecule has 2 rings (SSSR count). The summed E-state index contributed by atoms with van der Waals surface area (Å²) in [6.07, 6.45) is 0. The first-order valence-electron chi connectivity index (χ1n) is 4.62. The Bertz CT molecular complexity index is 449. The fourth-order valence-electron chi connectivity index (χ4n) is 1.49. The zero-order chi connectivity index (χ0) is 10.8. The minimum atomic E-state index is -0.0938. The summed E-state index contributed by atoms with van der Waals surface area (Å²) >= 11 is 14.1. The van der Waals surface area contributed by atoms with E-state index in [0.29, 0.717) is 0 Å². The summed E-state index contributed by atoms with van der Waals surface area (Å²) in [7, 11) is 0. The lowest BCUT2D eigenvalue weighted by atomic mass is 10.0. The van der Waals surface area contributed by atoms with E-state index in [1.807, 2.05) is 42.6 Å². The zero-order valence-electron chi connectivity index (χ0n) is 8.21. The van der Waals surface area contributed by atoms with Gasteiger partial charge in [0, 0.05) is 9.90 Å². The molecule has 2 aromatic rings. The fraction of sp³-hybridized carbons (Fsp3) is 0.167. The molecule has 0 aliphatic rings. The highest BCUT2D eigenvalue weighted by Gasteiger charge is 2.14. The van der Waals surface area contributed by atoms with Crippen LogP contribution in [0.2, 0.25) is 5.02 Å². The van der Waals surface area contributed by atoms with Crippen molar-refractivity contribution in [2.24, 2.45) is 0 Å². The number of benzene rings is 1. The summed E-state index contributed by atoms with van der Waals surface area (Å²) in [6, 6.07) is 9.91. The summed E-state index contributed by atoms with van der Waals surface area (Å²) in [5, 5.41) is 2.71. The van der Waals surface area contributed by atoms with Crippen molar-refractivity contribution in [3.8, 4) is 0 Å². The van der Waals surface area contributed by atoms with E-state index in [4.69, 9.17) is 23.2 Å². The van der Waals surface area contributed by atoms with Gasteiger partial charge in [0.1, 0.15) is 0 Å². The van der Waals surface area contributed by atoms with Gasteiger partial charge in [0.2, 0.25) is 0 Å². The molecular weight excluding hydrogens is 247 g/mol. The summed E-state index contributed by atoms with van der Waals surface area (Å²) in [4.78, 5) is 1.15. The van der Waals surface area contributed by atoms with Gasteiger partial charge in [-0.2, -0.15) is 0 Å². The van der Waals surface area contributed by atoms with Crippen molar-refractivity contribution < 1.29 is 0 Å². The number of hydrogen-bond donors (Lipinski definition) is 0. The normalized spacial score (nSPS) is 12.7. The van der Waals surface area contributed by atoms with E-state index in [0.717, 1.165) is 21.0 Å². The average molecular weight is 257 g/mol. The summed E-state index contributed by atoms with van der Waals surface area (Å²) in [5.41, 5.74) is 2.15. The van der Waals surface area contributed by atoms with Crippen LogP contribution in [0.15, 0.2) is 35.7 Å². The average Bonchev–Trinajstić information content (AvgIpc) is 2.74. The highest BCUT2D eigenvalue weighted by molar-refractivity contribution is 7.10. The van der Waals surface area contributed by atoms with Crippen molar-refractivity contribution in [1.82, 2.24) is 0 Å². The van der Waals surface area contributed by atoms with E-state index in [1.165, 1.54) is 0 Å². The van der Waals surface area contributed by atoms with E-state index in [2.05, 4.69) is 0 Å². The Hall–Kier alpha value is -0.500. The Labute approximate surface area is 103 Å². The van der Waals surface area contributed by atoms with Crippen LogP contribution in [0.4, 0.5) is 0 Å². The van der Waals surface area contributed by atoms with E-state index in [1.54, 1.807) is 11.3 Å². The van der Waals surface area contributed by atoms with Gasteiger partial charge in [-0.05, 0) is 35.6 Å². The van der Waals surface area contributed by atoms with Gasteiger partial charge < -0.3 is 0 Å². The van der Waals surface area contributed by atoms with Crippen LogP contribution in [0.3, 0.4) is 0 Å². The number of rotatable bonds is 2. The molecule has 0 aliphatic carbocycles. The number of halogens is 2. The van der Waals surface area contributed by atoms with Gasteiger partial charge in [0.15, 0.2) is 0 Å². The van der Waals surface area contributed by atoms with Crippen molar-refractivity contribution in [3.63, 3.8) is 0 Å². The molecule has 0 amide bonds. The minimum absolute atomic E-state index is 0.0938. The molecule has 1 atom stereocenters. The van der Waals surface area contributed by atoms with Gasteiger partial charge in [-0.25, -0.2) is 0 Å².